The van der Waals surface area contributed by atoms with Gasteiger partial charge in [-0.1, -0.05) is 12.1 Å². The van der Waals surface area contributed by atoms with Crippen LogP contribution in [0.3, 0.4) is 0 Å². The van der Waals surface area contributed by atoms with Crippen molar-refractivity contribution in [2.24, 2.45) is 0 Å². The molecule has 3 nitrogen and oxygen atoms in total. The van der Waals surface area contributed by atoms with Gasteiger partial charge in [0.1, 0.15) is 17.3 Å². The highest BCUT2D eigenvalue weighted by Gasteiger charge is 2.11. The van der Waals surface area contributed by atoms with Crippen LogP contribution in [0.2, 0.25) is 0 Å². The molecule has 0 bridgehead atoms. The number of aromatic hydroxyl groups is 2. The minimum absolute atomic E-state index is 0.0547. The van der Waals surface area contributed by atoms with Crippen molar-refractivity contribution in [3.8, 4) is 22.6 Å². The molecule has 4 heteroatoms. The zero-order chi connectivity index (χ0) is 12.4. The van der Waals surface area contributed by atoms with E-state index in [2.05, 4.69) is 5.32 Å². The third-order valence-electron chi connectivity index (χ3n) is 2.52. The molecule has 2 aromatic carbocycles. The Bertz CT molecular complexity index is 515. The molecule has 0 fully saturated rings. The standard InChI is InChI=1S/C13H12FNO2/c1-15-10-6-11(16)13(12(17)7-10)8-2-4-9(14)5-3-8/h2-7,15-17H,1H3. The summed E-state index contributed by atoms with van der Waals surface area (Å²) in [7, 11) is 1.69. The number of hydrogen-bond donors (Lipinski definition) is 3. The van der Waals surface area contributed by atoms with E-state index in [4.69, 9.17) is 0 Å². The molecular formula is C13H12FNO2. The van der Waals surface area contributed by atoms with Crippen LogP contribution >= 0.6 is 0 Å². The van der Waals surface area contributed by atoms with E-state index in [1.54, 1.807) is 7.05 Å². The molecule has 0 spiro atoms. The van der Waals surface area contributed by atoms with Gasteiger partial charge in [0.25, 0.3) is 0 Å². The van der Waals surface area contributed by atoms with Gasteiger partial charge in [-0.15, -0.1) is 0 Å². The van der Waals surface area contributed by atoms with Crippen molar-refractivity contribution in [2.75, 3.05) is 12.4 Å². The second kappa shape index (κ2) is 4.33. The van der Waals surface area contributed by atoms with Gasteiger partial charge in [-0.05, 0) is 17.7 Å². The van der Waals surface area contributed by atoms with Crippen LogP contribution in [0.5, 0.6) is 11.5 Å². The van der Waals surface area contributed by atoms with Gasteiger partial charge in [0.15, 0.2) is 0 Å². The molecule has 0 aliphatic heterocycles. The zero-order valence-corrected chi connectivity index (χ0v) is 9.24. The van der Waals surface area contributed by atoms with E-state index in [0.29, 0.717) is 16.8 Å². The largest absolute Gasteiger partial charge is 0.507 e. The molecule has 0 heterocycles. The number of benzene rings is 2. The van der Waals surface area contributed by atoms with E-state index in [1.807, 2.05) is 0 Å². The van der Waals surface area contributed by atoms with Crippen molar-refractivity contribution >= 4 is 5.69 Å². The Kier molecular flexibility index (Phi) is 2.87. The van der Waals surface area contributed by atoms with Gasteiger partial charge in [-0.3, -0.25) is 0 Å². The number of halogens is 1. The van der Waals surface area contributed by atoms with Crippen LogP contribution in [-0.4, -0.2) is 17.3 Å². The fourth-order valence-electron chi connectivity index (χ4n) is 1.67. The van der Waals surface area contributed by atoms with Crippen LogP contribution in [0.15, 0.2) is 36.4 Å². The summed E-state index contributed by atoms with van der Waals surface area (Å²) in [6, 6.07) is 8.56. The summed E-state index contributed by atoms with van der Waals surface area (Å²) < 4.78 is 12.8. The first-order valence-electron chi connectivity index (χ1n) is 5.11. The monoisotopic (exact) mass is 233 g/mol. The van der Waals surface area contributed by atoms with Gasteiger partial charge in [-0.2, -0.15) is 0 Å². The second-order valence-electron chi connectivity index (χ2n) is 3.65. The number of phenolic OH excluding ortho intramolecular Hbond substituents is 2. The molecular weight excluding hydrogens is 221 g/mol. The van der Waals surface area contributed by atoms with Gasteiger partial charge in [0, 0.05) is 24.9 Å². The van der Waals surface area contributed by atoms with Gasteiger partial charge < -0.3 is 15.5 Å². The molecule has 0 aromatic heterocycles. The van der Waals surface area contributed by atoms with Crippen molar-refractivity contribution in [2.45, 2.75) is 0 Å². The molecule has 0 atom stereocenters. The maximum Gasteiger partial charge on any atom is 0.129 e. The van der Waals surface area contributed by atoms with Gasteiger partial charge in [-0.25, -0.2) is 4.39 Å². The molecule has 0 saturated heterocycles. The third kappa shape index (κ3) is 2.15. The highest BCUT2D eigenvalue weighted by atomic mass is 19.1. The smallest absolute Gasteiger partial charge is 0.129 e. The molecule has 0 unspecified atom stereocenters. The number of rotatable bonds is 2. The fourth-order valence-corrected chi connectivity index (χ4v) is 1.67. The Morgan fingerprint density at radius 3 is 2.00 bits per heavy atom. The Morgan fingerprint density at radius 2 is 1.53 bits per heavy atom. The van der Waals surface area contributed by atoms with E-state index in [-0.39, 0.29) is 17.3 Å². The lowest BCUT2D eigenvalue weighted by Crippen LogP contribution is -1.89. The Hall–Kier alpha value is -2.23. The van der Waals surface area contributed by atoms with Crippen LogP contribution in [-0.2, 0) is 0 Å². The Balaban J connectivity index is 2.55. The lowest BCUT2D eigenvalue weighted by molar-refractivity contribution is 0.454. The Labute approximate surface area is 98.2 Å². The zero-order valence-electron chi connectivity index (χ0n) is 9.24. The predicted octanol–water partition coefficient (Wildman–Crippen LogP) is 2.95. The van der Waals surface area contributed by atoms with E-state index in [1.165, 1.54) is 36.4 Å². The quantitative estimate of drug-likeness (QED) is 0.747. The van der Waals surface area contributed by atoms with Crippen LogP contribution in [0, 0.1) is 5.82 Å². The van der Waals surface area contributed by atoms with Crippen molar-refractivity contribution in [3.63, 3.8) is 0 Å². The summed E-state index contributed by atoms with van der Waals surface area (Å²) in [5.74, 6) is -0.471. The fraction of sp³-hybridized carbons (Fsp3) is 0.0769. The van der Waals surface area contributed by atoms with E-state index in [0.717, 1.165) is 0 Å². The molecule has 0 aliphatic rings. The molecule has 0 aliphatic carbocycles. The third-order valence-corrected chi connectivity index (χ3v) is 2.52. The molecule has 0 radical (unpaired) electrons. The summed E-state index contributed by atoms with van der Waals surface area (Å²) in [6.07, 6.45) is 0. The second-order valence-corrected chi connectivity index (χ2v) is 3.65. The van der Waals surface area contributed by atoms with Gasteiger partial charge in [0.05, 0.1) is 5.56 Å². The Morgan fingerprint density at radius 1 is 1.00 bits per heavy atom. The summed E-state index contributed by atoms with van der Waals surface area (Å²) in [6.45, 7) is 0. The molecule has 0 amide bonds. The van der Waals surface area contributed by atoms with Crippen LogP contribution in [0.4, 0.5) is 10.1 Å². The van der Waals surface area contributed by atoms with Crippen LogP contribution in [0.25, 0.3) is 11.1 Å². The molecule has 2 rings (SSSR count). The first-order chi connectivity index (χ1) is 8.11. The van der Waals surface area contributed by atoms with Crippen LogP contribution < -0.4 is 5.32 Å². The number of hydrogen-bond acceptors (Lipinski definition) is 3. The summed E-state index contributed by atoms with van der Waals surface area (Å²) in [5, 5.41) is 22.5. The maximum absolute atomic E-state index is 12.8. The average molecular weight is 233 g/mol. The van der Waals surface area contributed by atoms with Crippen molar-refractivity contribution in [3.05, 3.63) is 42.2 Å². The van der Waals surface area contributed by atoms with E-state index >= 15 is 0 Å². The molecule has 88 valence electrons. The minimum Gasteiger partial charge on any atom is -0.507 e. The highest BCUT2D eigenvalue weighted by Crippen LogP contribution is 2.39. The normalized spacial score (nSPS) is 10.2. The first kappa shape index (κ1) is 11.3. The van der Waals surface area contributed by atoms with Crippen molar-refractivity contribution in [1.29, 1.82) is 0 Å². The minimum atomic E-state index is -0.362. The topological polar surface area (TPSA) is 52.5 Å². The summed E-state index contributed by atoms with van der Waals surface area (Å²) >= 11 is 0. The summed E-state index contributed by atoms with van der Waals surface area (Å²) in [5.41, 5.74) is 1.46. The maximum atomic E-state index is 12.8. The van der Waals surface area contributed by atoms with Gasteiger partial charge >= 0.3 is 0 Å². The molecule has 3 N–H and O–H groups in total. The molecule has 17 heavy (non-hydrogen) atoms. The first-order valence-corrected chi connectivity index (χ1v) is 5.11. The average Bonchev–Trinajstić information content (AvgIpc) is 2.30. The SMILES string of the molecule is CNc1cc(O)c(-c2ccc(F)cc2)c(O)c1. The summed E-state index contributed by atoms with van der Waals surface area (Å²) in [4.78, 5) is 0. The predicted molar refractivity (Wildman–Crippen MR) is 64.7 cm³/mol. The number of phenols is 2. The van der Waals surface area contributed by atoms with Crippen LogP contribution in [0.1, 0.15) is 0 Å². The number of anilines is 1. The van der Waals surface area contributed by atoms with E-state index < -0.39 is 0 Å². The van der Waals surface area contributed by atoms with E-state index in [9.17, 15) is 14.6 Å². The van der Waals surface area contributed by atoms with Crippen molar-refractivity contribution < 1.29 is 14.6 Å². The molecule has 2 aromatic rings. The highest BCUT2D eigenvalue weighted by molar-refractivity contribution is 5.79. The lowest BCUT2D eigenvalue weighted by Gasteiger charge is -2.10. The van der Waals surface area contributed by atoms with Gasteiger partial charge in [0.2, 0.25) is 0 Å². The van der Waals surface area contributed by atoms with Crippen molar-refractivity contribution in [1.82, 2.24) is 0 Å². The lowest BCUT2D eigenvalue weighted by atomic mass is 10.0. The number of nitrogens with one attached hydrogen (secondary N) is 1. The molecule has 0 saturated carbocycles.